The monoisotopic (exact) mass is 410 g/mol. The molecule has 0 heterocycles. The van der Waals surface area contributed by atoms with Gasteiger partial charge in [0, 0.05) is 12.6 Å². The molecule has 0 saturated carbocycles. The summed E-state index contributed by atoms with van der Waals surface area (Å²) in [6, 6.07) is 15.0. The molecule has 0 aromatic heterocycles. The summed E-state index contributed by atoms with van der Waals surface area (Å²) in [7, 11) is 0. The molecule has 2 unspecified atom stereocenters. The molecule has 1 N–H and O–H groups in total. The van der Waals surface area contributed by atoms with E-state index in [9.17, 15) is 9.59 Å². The highest BCUT2D eigenvalue weighted by atomic mass is 16.5. The predicted octanol–water partition coefficient (Wildman–Crippen LogP) is 4.40. The zero-order chi connectivity index (χ0) is 22.1. The topological polar surface area (TPSA) is 58.6 Å². The van der Waals surface area contributed by atoms with Crippen molar-refractivity contribution in [1.82, 2.24) is 10.2 Å². The summed E-state index contributed by atoms with van der Waals surface area (Å²) in [6.45, 7) is 10.2. The second kappa shape index (κ2) is 11.4. The molecule has 2 rings (SSSR count). The molecule has 0 radical (unpaired) electrons. The molecular weight excluding hydrogens is 376 g/mol. The molecule has 0 aliphatic heterocycles. The number of carbonyl (C=O) groups is 2. The van der Waals surface area contributed by atoms with Crippen molar-refractivity contribution >= 4 is 11.8 Å². The molecule has 2 amide bonds. The summed E-state index contributed by atoms with van der Waals surface area (Å²) in [5, 5.41) is 3.02. The molecule has 0 saturated heterocycles. The summed E-state index contributed by atoms with van der Waals surface area (Å²) in [6.07, 6.45) is 1.37. The average Bonchev–Trinajstić information content (AvgIpc) is 2.74. The second-order valence-corrected chi connectivity index (χ2v) is 7.79. The normalized spacial score (nSPS) is 12.7. The molecule has 2 atom stereocenters. The Bertz CT molecular complexity index is 833. The first kappa shape index (κ1) is 23.5. The zero-order valence-electron chi connectivity index (χ0n) is 18.8. The fraction of sp³-hybridized carbons (Fsp3) is 0.440. The number of rotatable bonds is 10. The van der Waals surface area contributed by atoms with Gasteiger partial charge in [0.1, 0.15) is 11.8 Å². The maximum Gasteiger partial charge on any atom is 0.261 e. The van der Waals surface area contributed by atoms with Gasteiger partial charge in [-0.1, -0.05) is 55.8 Å². The minimum atomic E-state index is -0.548. The van der Waals surface area contributed by atoms with Gasteiger partial charge < -0.3 is 15.0 Å². The van der Waals surface area contributed by atoms with E-state index in [1.807, 2.05) is 83.1 Å². The number of benzene rings is 2. The highest BCUT2D eigenvalue weighted by Crippen LogP contribution is 2.17. The third kappa shape index (κ3) is 6.61. The lowest BCUT2D eigenvalue weighted by Crippen LogP contribution is -2.51. The number of ether oxygens (including phenoxy) is 1. The third-order valence-corrected chi connectivity index (χ3v) is 5.37. The van der Waals surface area contributed by atoms with E-state index >= 15 is 0 Å². The van der Waals surface area contributed by atoms with Crippen molar-refractivity contribution < 1.29 is 14.3 Å². The minimum Gasteiger partial charge on any atom is -0.484 e. The van der Waals surface area contributed by atoms with Crippen molar-refractivity contribution in [1.29, 1.82) is 0 Å². The van der Waals surface area contributed by atoms with Crippen LogP contribution in [0.3, 0.4) is 0 Å². The van der Waals surface area contributed by atoms with Crippen LogP contribution in [0.15, 0.2) is 48.5 Å². The van der Waals surface area contributed by atoms with Crippen LogP contribution in [0.25, 0.3) is 0 Å². The van der Waals surface area contributed by atoms with E-state index in [2.05, 4.69) is 5.32 Å². The summed E-state index contributed by atoms with van der Waals surface area (Å²) in [5.74, 6) is 0.316. The van der Waals surface area contributed by atoms with Crippen LogP contribution in [0.1, 0.15) is 50.3 Å². The number of nitrogens with one attached hydrogen (secondary N) is 1. The Balaban J connectivity index is 2.21. The lowest BCUT2D eigenvalue weighted by Gasteiger charge is -2.31. The van der Waals surface area contributed by atoms with Crippen molar-refractivity contribution in [2.45, 2.75) is 66.1 Å². The van der Waals surface area contributed by atoms with Crippen LogP contribution in [0, 0.1) is 13.8 Å². The molecule has 162 valence electrons. The Labute approximate surface area is 180 Å². The van der Waals surface area contributed by atoms with Crippen molar-refractivity contribution in [3.05, 3.63) is 65.2 Å². The number of aryl methyl sites for hydroxylation is 2. The first-order valence-corrected chi connectivity index (χ1v) is 10.7. The number of hydrogen-bond acceptors (Lipinski definition) is 3. The summed E-state index contributed by atoms with van der Waals surface area (Å²) >= 11 is 0. The molecule has 2 aromatic rings. The molecule has 0 spiro atoms. The summed E-state index contributed by atoms with van der Waals surface area (Å²) in [4.78, 5) is 27.8. The highest BCUT2D eigenvalue weighted by Gasteiger charge is 2.29. The van der Waals surface area contributed by atoms with Gasteiger partial charge in [-0.3, -0.25) is 9.59 Å². The maximum atomic E-state index is 13.2. The molecule has 0 fully saturated rings. The quantitative estimate of drug-likeness (QED) is 0.631. The SMILES string of the molecule is CCC(C)NC(=O)C(CC)N(Cc1ccccc1C)C(=O)COc1ccc(C)cc1. The van der Waals surface area contributed by atoms with Gasteiger partial charge in [0.15, 0.2) is 6.61 Å². The number of carbonyl (C=O) groups excluding carboxylic acids is 2. The van der Waals surface area contributed by atoms with E-state index in [4.69, 9.17) is 4.74 Å². The van der Waals surface area contributed by atoms with Crippen LogP contribution in [0.4, 0.5) is 0 Å². The van der Waals surface area contributed by atoms with Crippen molar-refractivity contribution in [2.75, 3.05) is 6.61 Å². The molecule has 0 aliphatic rings. The van der Waals surface area contributed by atoms with E-state index in [-0.39, 0.29) is 24.5 Å². The van der Waals surface area contributed by atoms with E-state index < -0.39 is 6.04 Å². The molecule has 0 aliphatic carbocycles. The van der Waals surface area contributed by atoms with Crippen LogP contribution >= 0.6 is 0 Å². The molecular formula is C25H34N2O3. The van der Waals surface area contributed by atoms with Gasteiger partial charge in [-0.05, 0) is 56.9 Å². The standard InChI is InChI=1S/C25H34N2O3/c1-6-20(5)26-25(29)23(7-2)27(16-21-11-9-8-10-19(21)4)24(28)17-30-22-14-12-18(3)13-15-22/h8-15,20,23H,6-7,16-17H2,1-5H3,(H,26,29). The van der Waals surface area contributed by atoms with Crippen LogP contribution < -0.4 is 10.1 Å². The van der Waals surface area contributed by atoms with E-state index in [0.717, 1.165) is 23.1 Å². The minimum absolute atomic E-state index is 0.0609. The van der Waals surface area contributed by atoms with Crippen LogP contribution in [0.2, 0.25) is 0 Å². The number of hydrogen-bond donors (Lipinski definition) is 1. The number of nitrogens with zero attached hydrogens (tertiary/aromatic N) is 1. The molecule has 0 bridgehead atoms. The van der Waals surface area contributed by atoms with E-state index in [0.29, 0.717) is 18.7 Å². The lowest BCUT2D eigenvalue weighted by molar-refractivity contribution is -0.143. The third-order valence-electron chi connectivity index (χ3n) is 5.37. The van der Waals surface area contributed by atoms with Gasteiger partial charge in [0.25, 0.3) is 5.91 Å². The summed E-state index contributed by atoms with van der Waals surface area (Å²) in [5.41, 5.74) is 3.24. The molecule has 30 heavy (non-hydrogen) atoms. The van der Waals surface area contributed by atoms with Gasteiger partial charge in [0.05, 0.1) is 0 Å². The second-order valence-electron chi connectivity index (χ2n) is 7.79. The zero-order valence-corrected chi connectivity index (χ0v) is 18.8. The Morgan fingerprint density at radius 3 is 2.27 bits per heavy atom. The van der Waals surface area contributed by atoms with Crippen molar-refractivity contribution in [2.24, 2.45) is 0 Å². The van der Waals surface area contributed by atoms with Gasteiger partial charge >= 0.3 is 0 Å². The Kier molecular flexibility index (Phi) is 8.90. The van der Waals surface area contributed by atoms with Gasteiger partial charge in [-0.15, -0.1) is 0 Å². The number of amides is 2. The first-order chi connectivity index (χ1) is 14.3. The van der Waals surface area contributed by atoms with Crippen molar-refractivity contribution in [3.63, 3.8) is 0 Å². The van der Waals surface area contributed by atoms with Gasteiger partial charge in [-0.25, -0.2) is 0 Å². The van der Waals surface area contributed by atoms with Gasteiger partial charge in [-0.2, -0.15) is 0 Å². The first-order valence-electron chi connectivity index (χ1n) is 10.7. The Morgan fingerprint density at radius 2 is 1.67 bits per heavy atom. The molecule has 5 heteroatoms. The van der Waals surface area contributed by atoms with Crippen LogP contribution in [-0.2, 0) is 16.1 Å². The Hall–Kier alpha value is -2.82. The largest absolute Gasteiger partial charge is 0.484 e. The predicted molar refractivity (Wildman–Crippen MR) is 120 cm³/mol. The van der Waals surface area contributed by atoms with E-state index in [1.54, 1.807) is 4.90 Å². The average molecular weight is 411 g/mol. The fourth-order valence-electron chi connectivity index (χ4n) is 3.19. The smallest absolute Gasteiger partial charge is 0.261 e. The molecule has 2 aromatic carbocycles. The fourth-order valence-corrected chi connectivity index (χ4v) is 3.19. The van der Waals surface area contributed by atoms with Crippen LogP contribution in [-0.4, -0.2) is 35.4 Å². The van der Waals surface area contributed by atoms with E-state index in [1.165, 1.54) is 0 Å². The van der Waals surface area contributed by atoms with Gasteiger partial charge in [0.2, 0.25) is 5.91 Å². The molecule has 5 nitrogen and oxygen atoms in total. The summed E-state index contributed by atoms with van der Waals surface area (Å²) < 4.78 is 5.73. The Morgan fingerprint density at radius 1 is 1.00 bits per heavy atom. The van der Waals surface area contributed by atoms with Crippen molar-refractivity contribution in [3.8, 4) is 5.75 Å². The highest BCUT2D eigenvalue weighted by molar-refractivity contribution is 5.88. The van der Waals surface area contributed by atoms with Crippen LogP contribution in [0.5, 0.6) is 5.75 Å². The lowest BCUT2D eigenvalue weighted by atomic mass is 10.1. The maximum absolute atomic E-state index is 13.2.